The van der Waals surface area contributed by atoms with Gasteiger partial charge < -0.3 is 10.2 Å². The number of benzene rings is 1. The summed E-state index contributed by atoms with van der Waals surface area (Å²) in [4.78, 5) is 18.6. The number of carbonyl (C=O) groups is 1. The Morgan fingerprint density at radius 3 is 3.10 bits per heavy atom. The largest absolute Gasteiger partial charge is 0.339 e. The number of para-hydroxylation sites is 1. The first-order valence-corrected chi connectivity index (χ1v) is 7.83. The van der Waals surface area contributed by atoms with Crippen molar-refractivity contribution in [3.63, 3.8) is 0 Å². The van der Waals surface area contributed by atoms with Crippen LogP contribution < -0.4 is 5.32 Å². The van der Waals surface area contributed by atoms with E-state index in [-0.39, 0.29) is 5.91 Å². The van der Waals surface area contributed by atoms with Crippen LogP contribution in [0.3, 0.4) is 0 Å². The molecule has 0 spiro atoms. The molecule has 0 radical (unpaired) electrons. The van der Waals surface area contributed by atoms with Gasteiger partial charge in [0.25, 0.3) is 0 Å². The van der Waals surface area contributed by atoms with Crippen molar-refractivity contribution in [1.29, 1.82) is 0 Å². The van der Waals surface area contributed by atoms with Crippen molar-refractivity contribution < 1.29 is 4.79 Å². The molecule has 0 bridgehead atoms. The number of nitrogens with one attached hydrogen (secondary N) is 1. The molecular formula is C15H19N3OS. The second-order valence-electron chi connectivity index (χ2n) is 5.39. The van der Waals surface area contributed by atoms with Crippen molar-refractivity contribution in [3.8, 4) is 0 Å². The van der Waals surface area contributed by atoms with Crippen LogP contribution in [-0.2, 0) is 11.3 Å². The Hall–Kier alpha value is -1.46. The zero-order valence-corrected chi connectivity index (χ0v) is 12.4. The number of fused-ring (bicyclic) bond motifs is 1. The van der Waals surface area contributed by atoms with Crippen LogP contribution >= 0.6 is 11.3 Å². The van der Waals surface area contributed by atoms with Gasteiger partial charge in [0, 0.05) is 13.5 Å². The lowest BCUT2D eigenvalue weighted by atomic mass is 10.0. The highest BCUT2D eigenvalue weighted by Gasteiger charge is 2.20. The molecule has 0 aliphatic carbocycles. The number of nitrogens with zero attached hydrogens (tertiary/aromatic N) is 2. The topological polar surface area (TPSA) is 45.2 Å². The van der Waals surface area contributed by atoms with Gasteiger partial charge in [-0.25, -0.2) is 4.98 Å². The minimum atomic E-state index is 0.220. The van der Waals surface area contributed by atoms with Gasteiger partial charge in [0.05, 0.1) is 16.8 Å². The summed E-state index contributed by atoms with van der Waals surface area (Å²) in [5.41, 5.74) is 1.02. The van der Waals surface area contributed by atoms with Crippen LogP contribution in [0, 0.1) is 5.92 Å². The highest BCUT2D eigenvalue weighted by molar-refractivity contribution is 7.18. The first-order valence-electron chi connectivity index (χ1n) is 7.01. The van der Waals surface area contributed by atoms with E-state index in [2.05, 4.69) is 16.4 Å². The molecule has 20 heavy (non-hydrogen) atoms. The number of thiazole rings is 1. The second-order valence-corrected chi connectivity index (χ2v) is 6.50. The van der Waals surface area contributed by atoms with Crippen LogP contribution in [-0.4, -0.2) is 35.9 Å². The van der Waals surface area contributed by atoms with E-state index >= 15 is 0 Å². The molecular weight excluding hydrogens is 270 g/mol. The van der Waals surface area contributed by atoms with Gasteiger partial charge in [-0.05, 0) is 37.6 Å². The molecule has 1 aromatic carbocycles. The molecule has 1 fully saturated rings. The third-order valence-electron chi connectivity index (χ3n) is 3.76. The maximum absolute atomic E-state index is 12.2. The van der Waals surface area contributed by atoms with Crippen molar-refractivity contribution in [2.75, 3.05) is 20.1 Å². The Balaban J connectivity index is 1.62. The van der Waals surface area contributed by atoms with Crippen molar-refractivity contribution in [2.24, 2.45) is 5.92 Å². The summed E-state index contributed by atoms with van der Waals surface area (Å²) in [6, 6.07) is 8.10. The fraction of sp³-hybridized carbons (Fsp3) is 0.467. The van der Waals surface area contributed by atoms with Gasteiger partial charge in [0.1, 0.15) is 5.01 Å². The van der Waals surface area contributed by atoms with Gasteiger partial charge in [-0.3, -0.25) is 4.79 Å². The third kappa shape index (κ3) is 2.99. The van der Waals surface area contributed by atoms with E-state index < -0.39 is 0 Å². The number of carbonyl (C=O) groups excluding carboxylic acids is 1. The van der Waals surface area contributed by atoms with Crippen LogP contribution in [0.15, 0.2) is 24.3 Å². The summed E-state index contributed by atoms with van der Waals surface area (Å²) in [5.74, 6) is 0.721. The van der Waals surface area contributed by atoms with Gasteiger partial charge in [-0.2, -0.15) is 0 Å². The average molecular weight is 289 g/mol. The minimum absolute atomic E-state index is 0.220. The van der Waals surface area contributed by atoms with E-state index in [9.17, 15) is 4.79 Å². The number of rotatable bonds is 4. The molecule has 1 atom stereocenters. The summed E-state index contributed by atoms with van der Waals surface area (Å²) in [7, 11) is 1.87. The Kier molecular flexibility index (Phi) is 3.98. The van der Waals surface area contributed by atoms with Gasteiger partial charge in [0.15, 0.2) is 0 Å². The Bertz CT molecular complexity index is 571. The van der Waals surface area contributed by atoms with Crippen LogP contribution in [0.4, 0.5) is 0 Å². The SMILES string of the molecule is CN(Cc1nc2ccccc2s1)C(=O)CC1CCNC1. The van der Waals surface area contributed by atoms with Crippen molar-refractivity contribution in [2.45, 2.75) is 19.4 Å². The monoisotopic (exact) mass is 289 g/mol. The van der Waals surface area contributed by atoms with Crippen LogP contribution in [0.2, 0.25) is 0 Å². The fourth-order valence-corrected chi connectivity index (χ4v) is 3.59. The highest BCUT2D eigenvalue weighted by atomic mass is 32.1. The van der Waals surface area contributed by atoms with E-state index in [0.29, 0.717) is 18.9 Å². The number of hydrogen-bond acceptors (Lipinski definition) is 4. The first-order chi connectivity index (χ1) is 9.72. The fourth-order valence-electron chi connectivity index (χ4n) is 2.57. The molecule has 5 heteroatoms. The standard InChI is InChI=1S/C15H19N3OS/c1-18(15(19)8-11-6-7-16-9-11)10-14-17-12-4-2-3-5-13(12)20-14/h2-5,11,16H,6-10H2,1H3. The van der Waals surface area contributed by atoms with E-state index in [1.54, 1.807) is 16.2 Å². The van der Waals surface area contributed by atoms with Crippen molar-refractivity contribution >= 4 is 27.5 Å². The normalized spacial score (nSPS) is 18.6. The predicted molar refractivity (Wildman–Crippen MR) is 81.7 cm³/mol. The molecule has 106 valence electrons. The number of amides is 1. The molecule has 1 N–H and O–H groups in total. The zero-order chi connectivity index (χ0) is 13.9. The summed E-state index contributed by atoms with van der Waals surface area (Å²) in [5, 5.41) is 4.31. The van der Waals surface area contributed by atoms with E-state index in [1.165, 1.54) is 4.70 Å². The van der Waals surface area contributed by atoms with Crippen molar-refractivity contribution in [3.05, 3.63) is 29.3 Å². The lowest BCUT2D eigenvalue weighted by molar-refractivity contribution is -0.131. The maximum Gasteiger partial charge on any atom is 0.223 e. The van der Waals surface area contributed by atoms with Gasteiger partial charge in [-0.1, -0.05) is 12.1 Å². The van der Waals surface area contributed by atoms with E-state index in [1.807, 2.05) is 25.2 Å². The van der Waals surface area contributed by atoms with Crippen LogP contribution in [0.5, 0.6) is 0 Å². The lowest BCUT2D eigenvalue weighted by Gasteiger charge is -2.17. The Morgan fingerprint density at radius 1 is 1.50 bits per heavy atom. The summed E-state index contributed by atoms with van der Waals surface area (Å²) < 4.78 is 1.18. The van der Waals surface area contributed by atoms with E-state index in [0.717, 1.165) is 30.0 Å². The molecule has 2 aromatic rings. The van der Waals surface area contributed by atoms with Gasteiger partial charge >= 0.3 is 0 Å². The Morgan fingerprint density at radius 2 is 2.35 bits per heavy atom. The summed E-state index contributed by atoms with van der Waals surface area (Å²) in [6.07, 6.45) is 1.76. The van der Waals surface area contributed by atoms with E-state index in [4.69, 9.17) is 0 Å². The molecule has 3 rings (SSSR count). The molecule has 1 aromatic heterocycles. The average Bonchev–Trinajstić information content (AvgIpc) is 3.06. The Labute approximate surface area is 122 Å². The third-order valence-corrected chi connectivity index (χ3v) is 4.78. The molecule has 2 heterocycles. The first kappa shape index (κ1) is 13.5. The summed E-state index contributed by atoms with van der Waals surface area (Å²) >= 11 is 1.67. The highest BCUT2D eigenvalue weighted by Crippen LogP contribution is 2.23. The number of aromatic nitrogens is 1. The molecule has 1 unspecified atom stereocenters. The quantitative estimate of drug-likeness (QED) is 0.939. The second kappa shape index (κ2) is 5.89. The summed E-state index contributed by atoms with van der Waals surface area (Å²) in [6.45, 7) is 2.62. The molecule has 1 aliphatic heterocycles. The number of hydrogen-bond donors (Lipinski definition) is 1. The smallest absolute Gasteiger partial charge is 0.223 e. The molecule has 1 amide bonds. The lowest BCUT2D eigenvalue weighted by Crippen LogP contribution is -2.28. The molecule has 4 nitrogen and oxygen atoms in total. The molecule has 0 saturated carbocycles. The van der Waals surface area contributed by atoms with Gasteiger partial charge in [0.2, 0.25) is 5.91 Å². The maximum atomic E-state index is 12.2. The predicted octanol–water partition coefficient (Wildman–Crippen LogP) is 2.25. The van der Waals surface area contributed by atoms with Crippen LogP contribution in [0.1, 0.15) is 17.8 Å². The molecule has 1 aliphatic rings. The van der Waals surface area contributed by atoms with Crippen LogP contribution in [0.25, 0.3) is 10.2 Å². The molecule has 1 saturated heterocycles. The van der Waals surface area contributed by atoms with Crippen molar-refractivity contribution in [1.82, 2.24) is 15.2 Å². The van der Waals surface area contributed by atoms with Gasteiger partial charge in [-0.15, -0.1) is 11.3 Å². The minimum Gasteiger partial charge on any atom is -0.339 e. The zero-order valence-electron chi connectivity index (χ0n) is 11.6.